The molecular formula is C10H11ClO2. The first kappa shape index (κ1) is 10.1. The summed E-state index contributed by atoms with van der Waals surface area (Å²) in [4.78, 5) is 10.8. The van der Waals surface area contributed by atoms with Gasteiger partial charge in [-0.3, -0.25) is 4.79 Å². The van der Waals surface area contributed by atoms with E-state index in [9.17, 15) is 4.79 Å². The fourth-order valence-corrected chi connectivity index (χ4v) is 1.25. The summed E-state index contributed by atoms with van der Waals surface area (Å²) in [5.74, 6) is 0.244. The Morgan fingerprint density at radius 1 is 1.38 bits per heavy atom. The standard InChI is InChI=1S/C10H11ClO2/c1-6-4-5-9(11)7(2)10(6)13-8(3)12/h4-5H,1-3H3. The molecule has 0 aliphatic rings. The second-order valence-corrected chi connectivity index (χ2v) is 3.32. The summed E-state index contributed by atoms with van der Waals surface area (Å²) in [5, 5.41) is 0.613. The third-order valence-corrected chi connectivity index (χ3v) is 2.19. The molecule has 3 heteroatoms. The number of hydrogen-bond acceptors (Lipinski definition) is 2. The van der Waals surface area contributed by atoms with Gasteiger partial charge >= 0.3 is 5.97 Å². The average molecular weight is 199 g/mol. The molecule has 13 heavy (non-hydrogen) atoms. The maximum atomic E-state index is 10.8. The number of halogens is 1. The molecule has 1 aromatic carbocycles. The number of ether oxygens (including phenoxy) is 1. The van der Waals surface area contributed by atoms with Crippen molar-refractivity contribution >= 4 is 17.6 Å². The topological polar surface area (TPSA) is 26.3 Å². The van der Waals surface area contributed by atoms with E-state index < -0.39 is 0 Å². The molecule has 0 radical (unpaired) electrons. The SMILES string of the molecule is CC(=O)Oc1c(C)ccc(Cl)c1C. The van der Waals surface area contributed by atoms with Gasteiger partial charge in [-0.15, -0.1) is 0 Å². The summed E-state index contributed by atoms with van der Waals surface area (Å²) in [7, 11) is 0. The predicted octanol–water partition coefficient (Wildman–Crippen LogP) is 2.88. The fraction of sp³-hybridized carbons (Fsp3) is 0.300. The molecule has 0 unspecified atom stereocenters. The Balaban J connectivity index is 3.17. The highest BCUT2D eigenvalue weighted by Crippen LogP contribution is 2.29. The van der Waals surface area contributed by atoms with Crippen LogP contribution in [0, 0.1) is 13.8 Å². The largest absolute Gasteiger partial charge is 0.426 e. The van der Waals surface area contributed by atoms with Crippen LogP contribution >= 0.6 is 11.6 Å². The Morgan fingerprint density at radius 2 is 2.00 bits per heavy atom. The van der Waals surface area contributed by atoms with Crippen LogP contribution in [0.1, 0.15) is 18.1 Å². The molecule has 0 saturated carbocycles. The average Bonchev–Trinajstić information content (AvgIpc) is 2.05. The smallest absolute Gasteiger partial charge is 0.308 e. The highest BCUT2D eigenvalue weighted by Gasteiger charge is 2.08. The van der Waals surface area contributed by atoms with Gasteiger partial charge in [0.2, 0.25) is 0 Å². The van der Waals surface area contributed by atoms with Crippen LogP contribution in [-0.2, 0) is 4.79 Å². The molecular weight excluding hydrogens is 188 g/mol. The van der Waals surface area contributed by atoms with Crippen LogP contribution in [0.3, 0.4) is 0 Å². The van der Waals surface area contributed by atoms with Crippen LogP contribution < -0.4 is 4.74 Å². The monoisotopic (exact) mass is 198 g/mol. The lowest BCUT2D eigenvalue weighted by atomic mass is 10.1. The quantitative estimate of drug-likeness (QED) is 0.512. The summed E-state index contributed by atoms with van der Waals surface area (Å²) in [5.41, 5.74) is 1.72. The second kappa shape index (κ2) is 3.79. The number of hydrogen-bond donors (Lipinski definition) is 0. The van der Waals surface area contributed by atoms with E-state index in [2.05, 4.69) is 0 Å². The second-order valence-electron chi connectivity index (χ2n) is 2.91. The molecule has 0 aliphatic carbocycles. The molecule has 0 aromatic heterocycles. The Morgan fingerprint density at radius 3 is 2.54 bits per heavy atom. The van der Waals surface area contributed by atoms with Crippen LogP contribution in [0.25, 0.3) is 0 Å². The molecule has 0 fully saturated rings. The molecule has 0 bridgehead atoms. The van der Waals surface area contributed by atoms with Crippen molar-refractivity contribution in [1.82, 2.24) is 0 Å². The van der Waals surface area contributed by atoms with Crippen molar-refractivity contribution in [2.45, 2.75) is 20.8 Å². The van der Waals surface area contributed by atoms with Crippen molar-refractivity contribution in [2.24, 2.45) is 0 Å². The lowest BCUT2D eigenvalue weighted by Crippen LogP contribution is -2.04. The fourth-order valence-electron chi connectivity index (χ4n) is 1.10. The lowest BCUT2D eigenvalue weighted by Gasteiger charge is -2.09. The highest BCUT2D eigenvalue weighted by molar-refractivity contribution is 6.31. The summed E-state index contributed by atoms with van der Waals surface area (Å²) < 4.78 is 5.03. The van der Waals surface area contributed by atoms with Gasteiger partial charge in [-0.05, 0) is 25.5 Å². The molecule has 0 N–H and O–H groups in total. The molecule has 2 nitrogen and oxygen atoms in total. The number of carbonyl (C=O) groups excluding carboxylic acids is 1. The number of esters is 1. The van der Waals surface area contributed by atoms with Gasteiger partial charge in [0.05, 0.1) is 0 Å². The summed E-state index contributed by atoms with van der Waals surface area (Å²) in [6, 6.07) is 3.62. The molecule has 0 atom stereocenters. The molecule has 0 aliphatic heterocycles. The maximum absolute atomic E-state index is 10.8. The molecule has 70 valence electrons. The van der Waals surface area contributed by atoms with Gasteiger partial charge in [0, 0.05) is 17.5 Å². The highest BCUT2D eigenvalue weighted by atomic mass is 35.5. The first-order valence-electron chi connectivity index (χ1n) is 3.96. The normalized spacial score (nSPS) is 9.85. The van der Waals surface area contributed by atoms with Crippen LogP contribution in [0.2, 0.25) is 5.02 Å². The molecule has 0 heterocycles. The molecule has 0 saturated heterocycles. The van der Waals surface area contributed by atoms with Crippen molar-refractivity contribution in [3.8, 4) is 5.75 Å². The molecule has 0 spiro atoms. The Bertz CT molecular complexity index is 345. The first-order valence-corrected chi connectivity index (χ1v) is 4.34. The van der Waals surface area contributed by atoms with Crippen molar-refractivity contribution < 1.29 is 9.53 Å². The zero-order valence-electron chi connectivity index (χ0n) is 7.85. The first-order chi connectivity index (χ1) is 6.02. The van der Waals surface area contributed by atoms with Crippen molar-refractivity contribution in [3.63, 3.8) is 0 Å². The zero-order chi connectivity index (χ0) is 10.0. The number of carbonyl (C=O) groups is 1. The molecule has 1 aromatic rings. The van der Waals surface area contributed by atoms with E-state index in [4.69, 9.17) is 16.3 Å². The van der Waals surface area contributed by atoms with Crippen LogP contribution in [0.5, 0.6) is 5.75 Å². The van der Waals surface area contributed by atoms with E-state index in [1.54, 1.807) is 6.07 Å². The number of rotatable bonds is 1. The van der Waals surface area contributed by atoms with E-state index in [0.717, 1.165) is 11.1 Å². The predicted molar refractivity (Wildman–Crippen MR) is 52.2 cm³/mol. The van der Waals surface area contributed by atoms with Gasteiger partial charge in [0.15, 0.2) is 0 Å². The Kier molecular flexibility index (Phi) is 2.94. The van der Waals surface area contributed by atoms with Gasteiger partial charge in [-0.2, -0.15) is 0 Å². The van der Waals surface area contributed by atoms with Gasteiger partial charge in [-0.1, -0.05) is 17.7 Å². The van der Waals surface area contributed by atoms with Gasteiger partial charge in [-0.25, -0.2) is 0 Å². The summed E-state index contributed by atoms with van der Waals surface area (Å²) in [6.07, 6.45) is 0. The van der Waals surface area contributed by atoms with Crippen LogP contribution in [0.4, 0.5) is 0 Å². The minimum absolute atomic E-state index is 0.325. The number of benzene rings is 1. The van der Waals surface area contributed by atoms with E-state index >= 15 is 0 Å². The van der Waals surface area contributed by atoms with Gasteiger partial charge in [0.25, 0.3) is 0 Å². The lowest BCUT2D eigenvalue weighted by molar-refractivity contribution is -0.131. The number of aryl methyl sites for hydroxylation is 1. The van der Waals surface area contributed by atoms with Crippen molar-refractivity contribution in [3.05, 3.63) is 28.3 Å². The summed E-state index contributed by atoms with van der Waals surface area (Å²) >= 11 is 5.88. The minimum Gasteiger partial charge on any atom is -0.426 e. The summed E-state index contributed by atoms with van der Waals surface area (Å²) in [6.45, 7) is 5.08. The third kappa shape index (κ3) is 2.22. The van der Waals surface area contributed by atoms with E-state index in [1.807, 2.05) is 19.9 Å². The molecule has 1 rings (SSSR count). The van der Waals surface area contributed by atoms with E-state index in [-0.39, 0.29) is 5.97 Å². The Labute approximate surface area is 82.5 Å². The van der Waals surface area contributed by atoms with Gasteiger partial charge in [0.1, 0.15) is 5.75 Å². The van der Waals surface area contributed by atoms with Crippen molar-refractivity contribution in [1.29, 1.82) is 0 Å². The third-order valence-electron chi connectivity index (χ3n) is 1.78. The van der Waals surface area contributed by atoms with Crippen molar-refractivity contribution in [2.75, 3.05) is 0 Å². The van der Waals surface area contributed by atoms with E-state index in [1.165, 1.54) is 6.92 Å². The van der Waals surface area contributed by atoms with E-state index in [0.29, 0.717) is 10.8 Å². The van der Waals surface area contributed by atoms with Gasteiger partial charge < -0.3 is 4.74 Å². The zero-order valence-corrected chi connectivity index (χ0v) is 8.61. The van der Waals surface area contributed by atoms with Crippen LogP contribution in [-0.4, -0.2) is 5.97 Å². The molecule has 0 amide bonds. The van der Waals surface area contributed by atoms with Crippen LogP contribution in [0.15, 0.2) is 12.1 Å². The maximum Gasteiger partial charge on any atom is 0.308 e. The Hall–Kier alpha value is -1.02. The minimum atomic E-state index is -0.325.